The lowest BCUT2D eigenvalue weighted by molar-refractivity contribution is -0.176. The van der Waals surface area contributed by atoms with Crippen molar-refractivity contribution in [3.8, 4) is 0 Å². The van der Waals surface area contributed by atoms with E-state index >= 15 is 0 Å². The number of nitrogens with zero attached hydrogens (tertiary/aromatic N) is 1. The summed E-state index contributed by atoms with van der Waals surface area (Å²) >= 11 is 0. The van der Waals surface area contributed by atoms with Crippen molar-refractivity contribution in [3.63, 3.8) is 0 Å². The zero-order valence-corrected chi connectivity index (χ0v) is 8.74. The van der Waals surface area contributed by atoms with Crippen molar-refractivity contribution in [2.45, 2.75) is 31.5 Å². The Morgan fingerprint density at radius 3 is 2.67 bits per heavy atom. The number of halogens is 2. The number of amides is 1. The van der Waals surface area contributed by atoms with Crippen molar-refractivity contribution < 1.29 is 23.4 Å². The van der Waals surface area contributed by atoms with E-state index in [2.05, 4.69) is 4.74 Å². The number of methoxy groups -OCH3 is 1. The fraction of sp³-hybridized carbons (Fsp3) is 0.889. The van der Waals surface area contributed by atoms with Crippen molar-refractivity contribution in [2.24, 2.45) is 0 Å². The van der Waals surface area contributed by atoms with Gasteiger partial charge in [0.1, 0.15) is 12.2 Å². The summed E-state index contributed by atoms with van der Waals surface area (Å²) in [7, 11) is 1.23. The van der Waals surface area contributed by atoms with Crippen LogP contribution in [0, 0.1) is 0 Å². The minimum atomic E-state index is -3.04. The minimum absolute atomic E-state index is 0.0853. The summed E-state index contributed by atoms with van der Waals surface area (Å²) in [5.41, 5.74) is 0. The van der Waals surface area contributed by atoms with E-state index in [9.17, 15) is 13.6 Å². The van der Waals surface area contributed by atoms with Crippen LogP contribution in [0.15, 0.2) is 0 Å². The summed E-state index contributed by atoms with van der Waals surface area (Å²) in [6.07, 6.45) is -2.29. The molecule has 0 spiro atoms. The molecule has 88 valence electrons. The maximum Gasteiger partial charge on any atom is 0.290 e. The maximum atomic E-state index is 13.3. The first-order chi connectivity index (χ1) is 6.88. The molecular formula is C9H15F2NO3. The number of aliphatic hydroxyl groups excluding tert-OH is 1. The lowest BCUT2D eigenvalue weighted by atomic mass is 10.0. The Bertz CT molecular complexity index is 246. The van der Waals surface area contributed by atoms with Crippen molar-refractivity contribution in [1.82, 2.24) is 4.90 Å². The number of ether oxygens (including phenoxy) is 1. The summed E-state index contributed by atoms with van der Waals surface area (Å²) in [5.74, 6) is -3.71. The van der Waals surface area contributed by atoms with E-state index in [-0.39, 0.29) is 13.0 Å². The van der Waals surface area contributed by atoms with Gasteiger partial charge in [0.15, 0.2) is 0 Å². The molecule has 1 saturated heterocycles. The van der Waals surface area contributed by atoms with E-state index in [0.29, 0.717) is 0 Å². The second kappa shape index (κ2) is 4.40. The normalized spacial score (nSPS) is 27.5. The predicted molar refractivity (Wildman–Crippen MR) is 48.6 cm³/mol. The average Bonchev–Trinajstić information content (AvgIpc) is 2.15. The molecule has 0 saturated carbocycles. The van der Waals surface area contributed by atoms with Crippen LogP contribution in [0.4, 0.5) is 8.78 Å². The fourth-order valence-electron chi connectivity index (χ4n) is 1.66. The summed E-state index contributed by atoms with van der Waals surface area (Å²) < 4.78 is 31.3. The third-order valence-corrected chi connectivity index (χ3v) is 2.49. The zero-order valence-electron chi connectivity index (χ0n) is 8.74. The van der Waals surface area contributed by atoms with Gasteiger partial charge in [0.05, 0.1) is 6.54 Å². The molecule has 0 aromatic rings. The number of hydrogen-bond donors (Lipinski definition) is 1. The maximum absolute atomic E-state index is 13.3. The Hall–Kier alpha value is -0.750. The lowest BCUT2D eigenvalue weighted by Crippen LogP contribution is -2.55. The van der Waals surface area contributed by atoms with Gasteiger partial charge < -0.3 is 14.7 Å². The molecule has 6 heteroatoms. The van der Waals surface area contributed by atoms with Crippen molar-refractivity contribution in [3.05, 3.63) is 0 Å². The number of carbonyl (C=O) groups excluding carboxylic acids is 1. The van der Waals surface area contributed by atoms with E-state index < -0.39 is 30.6 Å². The Kier molecular flexibility index (Phi) is 3.62. The molecule has 1 heterocycles. The Balaban J connectivity index is 2.66. The molecule has 0 radical (unpaired) electrons. The summed E-state index contributed by atoms with van der Waals surface area (Å²) in [6.45, 7) is 0.774. The second-order valence-corrected chi connectivity index (χ2v) is 3.71. The van der Waals surface area contributed by atoms with Crippen LogP contribution in [-0.4, -0.2) is 54.2 Å². The largest absolute Gasteiger partial charge is 0.384 e. The van der Waals surface area contributed by atoms with E-state index in [1.165, 1.54) is 14.0 Å². The Morgan fingerprint density at radius 2 is 2.27 bits per heavy atom. The Morgan fingerprint density at radius 1 is 1.67 bits per heavy atom. The number of rotatable bonds is 2. The lowest BCUT2D eigenvalue weighted by Gasteiger charge is -2.37. The Labute approximate surface area is 86.8 Å². The van der Waals surface area contributed by atoms with Gasteiger partial charge in [0.25, 0.3) is 11.8 Å². The van der Waals surface area contributed by atoms with Crippen LogP contribution in [0.1, 0.15) is 13.3 Å². The first-order valence-corrected chi connectivity index (χ1v) is 4.76. The van der Waals surface area contributed by atoms with Crippen LogP contribution < -0.4 is 0 Å². The van der Waals surface area contributed by atoms with Gasteiger partial charge in [-0.1, -0.05) is 0 Å². The zero-order chi connectivity index (χ0) is 11.6. The minimum Gasteiger partial charge on any atom is -0.384 e. The van der Waals surface area contributed by atoms with Gasteiger partial charge in [0.2, 0.25) is 0 Å². The summed E-state index contributed by atoms with van der Waals surface area (Å²) in [5, 5.41) is 9.00. The molecule has 0 aliphatic carbocycles. The van der Waals surface area contributed by atoms with E-state index in [1.54, 1.807) is 0 Å². The monoisotopic (exact) mass is 223 g/mol. The quantitative estimate of drug-likeness (QED) is 0.730. The summed E-state index contributed by atoms with van der Waals surface area (Å²) in [4.78, 5) is 12.3. The number of piperidine rings is 1. The molecule has 4 nitrogen and oxygen atoms in total. The number of aliphatic hydroxyl groups is 1. The van der Waals surface area contributed by atoms with Crippen molar-refractivity contribution >= 4 is 5.91 Å². The van der Waals surface area contributed by atoms with Crippen LogP contribution in [0.5, 0.6) is 0 Å². The van der Waals surface area contributed by atoms with E-state index in [4.69, 9.17) is 5.11 Å². The van der Waals surface area contributed by atoms with E-state index in [0.717, 1.165) is 4.90 Å². The van der Waals surface area contributed by atoms with Gasteiger partial charge >= 0.3 is 0 Å². The van der Waals surface area contributed by atoms with Gasteiger partial charge in [-0.2, -0.15) is 0 Å². The highest BCUT2D eigenvalue weighted by molar-refractivity contribution is 5.80. The highest BCUT2D eigenvalue weighted by atomic mass is 19.3. The molecular weight excluding hydrogens is 208 g/mol. The molecule has 1 aliphatic rings. The molecule has 15 heavy (non-hydrogen) atoms. The van der Waals surface area contributed by atoms with Crippen LogP contribution in [-0.2, 0) is 9.53 Å². The third kappa shape index (κ3) is 2.63. The molecule has 2 atom stereocenters. The van der Waals surface area contributed by atoms with Crippen LogP contribution >= 0.6 is 0 Å². The molecule has 1 fully saturated rings. The standard InChI is InChI=1S/C9H15F2NO3/c1-6(13)8(14)12-4-3-7(15-2)9(10,11)5-12/h6-7,13H,3-5H2,1-2H3. The van der Waals surface area contributed by atoms with Gasteiger partial charge in [-0.05, 0) is 13.3 Å². The van der Waals surface area contributed by atoms with Gasteiger partial charge in [-0.3, -0.25) is 4.79 Å². The van der Waals surface area contributed by atoms with Gasteiger partial charge in [-0.15, -0.1) is 0 Å². The first-order valence-electron chi connectivity index (χ1n) is 4.76. The molecule has 1 amide bonds. The number of carbonyl (C=O) groups is 1. The van der Waals surface area contributed by atoms with E-state index in [1.807, 2.05) is 0 Å². The second-order valence-electron chi connectivity index (χ2n) is 3.71. The topological polar surface area (TPSA) is 49.8 Å². The molecule has 1 rings (SSSR count). The number of likely N-dealkylation sites (tertiary alicyclic amines) is 1. The highest BCUT2D eigenvalue weighted by Gasteiger charge is 2.46. The highest BCUT2D eigenvalue weighted by Crippen LogP contribution is 2.29. The third-order valence-electron chi connectivity index (χ3n) is 2.49. The van der Waals surface area contributed by atoms with Gasteiger partial charge in [-0.25, -0.2) is 8.78 Å². The van der Waals surface area contributed by atoms with Crippen LogP contribution in [0.25, 0.3) is 0 Å². The fourth-order valence-corrected chi connectivity index (χ4v) is 1.66. The van der Waals surface area contributed by atoms with Crippen molar-refractivity contribution in [1.29, 1.82) is 0 Å². The molecule has 1 aliphatic heterocycles. The molecule has 0 bridgehead atoms. The molecule has 0 aromatic heterocycles. The smallest absolute Gasteiger partial charge is 0.290 e. The van der Waals surface area contributed by atoms with Crippen LogP contribution in [0.3, 0.4) is 0 Å². The van der Waals surface area contributed by atoms with Crippen molar-refractivity contribution in [2.75, 3.05) is 20.2 Å². The van der Waals surface area contributed by atoms with Gasteiger partial charge in [0, 0.05) is 13.7 Å². The first kappa shape index (κ1) is 12.3. The SMILES string of the molecule is COC1CCN(C(=O)C(C)O)CC1(F)F. The van der Waals surface area contributed by atoms with Crippen LogP contribution in [0.2, 0.25) is 0 Å². The average molecular weight is 223 g/mol. The molecule has 0 aromatic carbocycles. The number of alkyl halides is 2. The number of hydrogen-bond acceptors (Lipinski definition) is 3. The predicted octanol–water partition coefficient (Wildman–Crippen LogP) is 0.250. The summed E-state index contributed by atoms with van der Waals surface area (Å²) in [6, 6.07) is 0. The molecule has 2 unspecified atom stereocenters. The molecule has 1 N–H and O–H groups in total.